The third-order valence-electron chi connectivity index (χ3n) is 5.67. The zero-order valence-electron chi connectivity index (χ0n) is 17.1. The van der Waals surface area contributed by atoms with Gasteiger partial charge < -0.3 is 10.0 Å². The van der Waals surface area contributed by atoms with Crippen LogP contribution in [-0.2, 0) is 10.0 Å². The lowest BCUT2D eigenvalue weighted by molar-refractivity contribution is 0.0268. The second-order valence-electron chi connectivity index (χ2n) is 7.67. The molecular weight excluding hydrogens is 388 g/mol. The molecule has 1 aliphatic carbocycles. The van der Waals surface area contributed by atoms with Crippen molar-refractivity contribution in [3.8, 4) is 0 Å². The number of amides is 1. The number of rotatable bonds is 5. The van der Waals surface area contributed by atoms with Crippen LogP contribution in [0.15, 0.2) is 53.4 Å². The number of anilines is 1. The maximum Gasteiger partial charge on any atom is 0.264 e. The predicted molar refractivity (Wildman–Crippen MR) is 114 cm³/mol. The van der Waals surface area contributed by atoms with E-state index < -0.39 is 16.1 Å². The summed E-state index contributed by atoms with van der Waals surface area (Å²) in [6.45, 7) is 1.90. The number of nitrogens with zero attached hydrogens (tertiary/aromatic N) is 2. The van der Waals surface area contributed by atoms with Crippen LogP contribution in [0.25, 0.3) is 0 Å². The Kier molecular flexibility index (Phi) is 6.29. The highest BCUT2D eigenvalue weighted by atomic mass is 32.2. The number of aryl methyl sites for hydroxylation is 1. The first-order valence-corrected chi connectivity index (χ1v) is 11.3. The fourth-order valence-electron chi connectivity index (χ4n) is 3.72. The summed E-state index contributed by atoms with van der Waals surface area (Å²) in [4.78, 5) is 14.6. The van der Waals surface area contributed by atoms with Crippen LogP contribution in [0.1, 0.15) is 41.6 Å². The SMILES string of the molecule is Cc1ccc(S(=O)(=O)N(C)c2ccc(C(=O)N(C)[C@@H]3CCCC[C@H]3O)cc2)cc1. The molecule has 0 aliphatic heterocycles. The van der Waals surface area contributed by atoms with Gasteiger partial charge in [-0.3, -0.25) is 9.10 Å². The number of aliphatic hydroxyl groups excluding tert-OH is 1. The number of carbonyl (C=O) groups is 1. The van der Waals surface area contributed by atoms with Crippen molar-refractivity contribution in [2.45, 2.75) is 49.6 Å². The van der Waals surface area contributed by atoms with Crippen molar-refractivity contribution in [2.24, 2.45) is 0 Å². The predicted octanol–water partition coefficient (Wildman–Crippen LogP) is 3.20. The fraction of sp³-hybridized carbons (Fsp3) is 0.409. The van der Waals surface area contributed by atoms with E-state index in [0.717, 1.165) is 24.8 Å². The van der Waals surface area contributed by atoms with Gasteiger partial charge in [-0.2, -0.15) is 0 Å². The van der Waals surface area contributed by atoms with E-state index in [-0.39, 0.29) is 16.8 Å². The van der Waals surface area contributed by atoms with Crippen LogP contribution in [0, 0.1) is 6.92 Å². The monoisotopic (exact) mass is 416 g/mol. The Balaban J connectivity index is 1.77. The molecule has 0 saturated heterocycles. The van der Waals surface area contributed by atoms with E-state index in [1.165, 1.54) is 11.4 Å². The molecule has 1 saturated carbocycles. The minimum atomic E-state index is -3.68. The molecule has 7 heteroatoms. The zero-order valence-corrected chi connectivity index (χ0v) is 17.9. The van der Waals surface area contributed by atoms with Crippen molar-refractivity contribution < 1.29 is 18.3 Å². The number of hydrogen-bond acceptors (Lipinski definition) is 4. The van der Waals surface area contributed by atoms with Crippen LogP contribution >= 0.6 is 0 Å². The van der Waals surface area contributed by atoms with E-state index in [9.17, 15) is 18.3 Å². The molecule has 1 fully saturated rings. The van der Waals surface area contributed by atoms with Crippen molar-refractivity contribution >= 4 is 21.6 Å². The summed E-state index contributed by atoms with van der Waals surface area (Å²) in [6, 6.07) is 13.0. The molecule has 1 aliphatic rings. The van der Waals surface area contributed by atoms with Gasteiger partial charge in [0.05, 0.1) is 22.7 Å². The molecule has 2 aromatic rings. The van der Waals surface area contributed by atoms with Crippen LogP contribution in [0.2, 0.25) is 0 Å². The third kappa shape index (κ3) is 4.46. The summed E-state index contributed by atoms with van der Waals surface area (Å²) < 4.78 is 26.9. The number of aliphatic hydroxyl groups is 1. The summed E-state index contributed by atoms with van der Waals surface area (Å²) in [6.07, 6.45) is 2.99. The molecule has 0 heterocycles. The molecule has 3 rings (SSSR count). The van der Waals surface area contributed by atoms with E-state index in [1.54, 1.807) is 60.5 Å². The highest BCUT2D eigenvalue weighted by Gasteiger charge is 2.30. The van der Waals surface area contributed by atoms with Crippen molar-refractivity contribution in [3.63, 3.8) is 0 Å². The molecule has 0 aromatic heterocycles. The Morgan fingerprint density at radius 1 is 0.966 bits per heavy atom. The topological polar surface area (TPSA) is 77.9 Å². The van der Waals surface area contributed by atoms with Gasteiger partial charge >= 0.3 is 0 Å². The molecule has 2 atom stereocenters. The summed E-state index contributed by atoms with van der Waals surface area (Å²) in [5, 5.41) is 10.2. The lowest BCUT2D eigenvalue weighted by Gasteiger charge is -2.35. The molecule has 1 N–H and O–H groups in total. The quantitative estimate of drug-likeness (QED) is 0.812. The first kappa shape index (κ1) is 21.3. The van der Waals surface area contributed by atoms with Gasteiger partial charge in [0.25, 0.3) is 15.9 Å². The van der Waals surface area contributed by atoms with E-state index in [1.807, 2.05) is 6.92 Å². The maximum atomic E-state index is 12.8. The van der Waals surface area contributed by atoms with E-state index >= 15 is 0 Å². The third-order valence-corrected chi connectivity index (χ3v) is 7.47. The van der Waals surface area contributed by atoms with Crippen molar-refractivity contribution in [1.29, 1.82) is 0 Å². The number of likely N-dealkylation sites (N-methyl/N-ethyl adjacent to an activating group) is 1. The van der Waals surface area contributed by atoms with Crippen LogP contribution in [0.3, 0.4) is 0 Å². The highest BCUT2D eigenvalue weighted by Crippen LogP contribution is 2.26. The average Bonchev–Trinajstić information content (AvgIpc) is 2.73. The smallest absolute Gasteiger partial charge is 0.264 e. The normalized spacial score (nSPS) is 19.6. The molecular formula is C22H28N2O4S. The second-order valence-corrected chi connectivity index (χ2v) is 9.64. The van der Waals surface area contributed by atoms with Crippen LogP contribution < -0.4 is 4.31 Å². The Hall–Kier alpha value is -2.38. The molecule has 0 radical (unpaired) electrons. The molecule has 0 unspecified atom stereocenters. The van der Waals surface area contributed by atoms with Crippen LogP contribution in [-0.4, -0.2) is 50.6 Å². The lowest BCUT2D eigenvalue weighted by atomic mass is 9.91. The maximum absolute atomic E-state index is 12.8. The van der Waals surface area contributed by atoms with Gasteiger partial charge in [0.1, 0.15) is 0 Å². The zero-order chi connectivity index (χ0) is 21.2. The van der Waals surface area contributed by atoms with Crippen LogP contribution in [0.5, 0.6) is 0 Å². The van der Waals surface area contributed by atoms with Crippen molar-refractivity contribution in [1.82, 2.24) is 4.90 Å². The van der Waals surface area contributed by atoms with E-state index in [0.29, 0.717) is 17.7 Å². The first-order valence-electron chi connectivity index (χ1n) is 9.82. The second kappa shape index (κ2) is 8.55. The summed E-state index contributed by atoms with van der Waals surface area (Å²) in [5.41, 5.74) is 1.93. The van der Waals surface area contributed by atoms with Gasteiger partial charge in [-0.25, -0.2) is 8.42 Å². The molecule has 2 aromatic carbocycles. The Bertz CT molecular complexity index is 955. The standard InChI is InChI=1S/C22H28N2O4S/c1-16-8-14-19(15-9-16)29(27,28)24(3)18-12-10-17(11-13-18)22(26)23(2)20-6-4-5-7-21(20)25/h8-15,20-21,25H,4-7H2,1-3H3/t20-,21-/m1/s1. The summed E-state index contributed by atoms with van der Waals surface area (Å²) >= 11 is 0. The number of benzene rings is 2. The van der Waals surface area contributed by atoms with Gasteiger partial charge in [0.2, 0.25) is 0 Å². The molecule has 156 valence electrons. The van der Waals surface area contributed by atoms with Gasteiger partial charge in [-0.15, -0.1) is 0 Å². The molecule has 0 spiro atoms. The van der Waals surface area contributed by atoms with Crippen molar-refractivity contribution in [3.05, 3.63) is 59.7 Å². The largest absolute Gasteiger partial charge is 0.391 e. The number of carbonyl (C=O) groups excluding carboxylic acids is 1. The number of hydrogen-bond donors (Lipinski definition) is 1. The van der Waals surface area contributed by atoms with E-state index in [4.69, 9.17) is 0 Å². The minimum Gasteiger partial charge on any atom is -0.391 e. The fourth-order valence-corrected chi connectivity index (χ4v) is 4.91. The lowest BCUT2D eigenvalue weighted by Crippen LogP contribution is -2.46. The van der Waals surface area contributed by atoms with Crippen LogP contribution in [0.4, 0.5) is 5.69 Å². The van der Waals surface area contributed by atoms with E-state index in [2.05, 4.69) is 0 Å². The highest BCUT2D eigenvalue weighted by molar-refractivity contribution is 7.92. The molecule has 1 amide bonds. The molecule has 29 heavy (non-hydrogen) atoms. The minimum absolute atomic E-state index is 0.174. The summed E-state index contributed by atoms with van der Waals surface area (Å²) in [5.74, 6) is -0.174. The summed E-state index contributed by atoms with van der Waals surface area (Å²) in [7, 11) is -0.469. The van der Waals surface area contributed by atoms with Gasteiger partial charge in [-0.05, 0) is 56.2 Å². The van der Waals surface area contributed by atoms with Crippen molar-refractivity contribution in [2.75, 3.05) is 18.4 Å². The Labute approximate surface area is 172 Å². The number of sulfonamides is 1. The Morgan fingerprint density at radius 3 is 2.14 bits per heavy atom. The van der Waals surface area contributed by atoms with Gasteiger partial charge in [0.15, 0.2) is 0 Å². The van der Waals surface area contributed by atoms with Gasteiger partial charge in [-0.1, -0.05) is 30.5 Å². The first-order chi connectivity index (χ1) is 13.7. The average molecular weight is 417 g/mol. The molecule has 0 bridgehead atoms. The Morgan fingerprint density at radius 2 is 1.55 bits per heavy atom. The molecule has 6 nitrogen and oxygen atoms in total. The van der Waals surface area contributed by atoms with Gasteiger partial charge in [0, 0.05) is 19.7 Å².